The summed E-state index contributed by atoms with van der Waals surface area (Å²) in [6.45, 7) is 3.42. The summed E-state index contributed by atoms with van der Waals surface area (Å²) >= 11 is 13.5. The molecule has 2 amide bonds. The van der Waals surface area contributed by atoms with Gasteiger partial charge in [-0.1, -0.05) is 59.7 Å². The van der Waals surface area contributed by atoms with Crippen molar-refractivity contribution in [1.82, 2.24) is 9.97 Å². The molecule has 10 heteroatoms. The van der Waals surface area contributed by atoms with Crippen molar-refractivity contribution in [3.8, 4) is 0 Å². The highest BCUT2D eigenvalue weighted by Gasteiger charge is 2.12. The third-order valence-corrected chi connectivity index (χ3v) is 6.09. The van der Waals surface area contributed by atoms with Crippen LogP contribution in [0, 0.1) is 0 Å². The fourth-order valence-corrected chi connectivity index (χ4v) is 4.24. The van der Waals surface area contributed by atoms with E-state index in [1.165, 1.54) is 17.8 Å². The second-order valence-corrected chi connectivity index (χ2v) is 9.02. The standard InChI is InChI=1S/C25H19Cl2N5O2S/c1-2-22(33)28-16-6-5-7-17(13-16)29-23(34)14-35-25-31-20-9-4-3-8-18(20)24(32-25)30-21-11-10-15(26)12-19(21)27/h2-13H,1,14H2,(H,28,33)(H,29,34)(H,30,31,32). The summed E-state index contributed by atoms with van der Waals surface area (Å²) in [4.78, 5) is 33.2. The van der Waals surface area contributed by atoms with E-state index in [1.807, 2.05) is 24.3 Å². The lowest BCUT2D eigenvalue weighted by Crippen LogP contribution is -2.15. The van der Waals surface area contributed by atoms with Crippen LogP contribution in [0.1, 0.15) is 0 Å². The first kappa shape index (κ1) is 24.5. The zero-order valence-corrected chi connectivity index (χ0v) is 20.5. The number of nitrogens with zero attached hydrogens (tertiary/aromatic N) is 2. The van der Waals surface area contributed by atoms with E-state index in [1.54, 1.807) is 42.5 Å². The summed E-state index contributed by atoms with van der Waals surface area (Å²) in [5.41, 5.74) is 2.48. The molecule has 1 aromatic heterocycles. The second kappa shape index (κ2) is 11.2. The number of nitrogens with one attached hydrogen (secondary N) is 3. The maximum atomic E-state index is 12.6. The molecule has 0 atom stereocenters. The largest absolute Gasteiger partial charge is 0.338 e. The SMILES string of the molecule is C=CC(=O)Nc1cccc(NC(=O)CSc2nc(Nc3ccc(Cl)cc3Cl)c3ccccc3n2)c1. The molecule has 0 bridgehead atoms. The van der Waals surface area contributed by atoms with E-state index < -0.39 is 0 Å². The molecule has 176 valence electrons. The van der Waals surface area contributed by atoms with Crippen LogP contribution in [-0.4, -0.2) is 27.5 Å². The number of anilines is 4. The molecule has 0 aliphatic carbocycles. The van der Waals surface area contributed by atoms with Crippen LogP contribution in [0.5, 0.6) is 0 Å². The lowest BCUT2D eigenvalue weighted by atomic mass is 10.2. The van der Waals surface area contributed by atoms with Crippen molar-refractivity contribution in [3.63, 3.8) is 0 Å². The summed E-state index contributed by atoms with van der Waals surface area (Å²) in [5, 5.41) is 10.9. The van der Waals surface area contributed by atoms with Crippen LogP contribution in [0.3, 0.4) is 0 Å². The molecule has 3 N–H and O–H groups in total. The van der Waals surface area contributed by atoms with Crippen LogP contribution in [0.2, 0.25) is 10.0 Å². The van der Waals surface area contributed by atoms with Crippen molar-refractivity contribution < 1.29 is 9.59 Å². The van der Waals surface area contributed by atoms with E-state index in [4.69, 9.17) is 23.2 Å². The van der Waals surface area contributed by atoms with Gasteiger partial charge in [-0.05, 0) is 54.6 Å². The number of thioether (sulfide) groups is 1. The van der Waals surface area contributed by atoms with Gasteiger partial charge in [0.15, 0.2) is 5.16 Å². The number of halogens is 2. The molecular formula is C25H19Cl2N5O2S. The zero-order chi connectivity index (χ0) is 24.8. The van der Waals surface area contributed by atoms with Crippen LogP contribution >= 0.6 is 35.0 Å². The fraction of sp³-hybridized carbons (Fsp3) is 0.0400. The number of para-hydroxylation sites is 1. The average molecular weight is 524 g/mol. The summed E-state index contributed by atoms with van der Waals surface area (Å²) < 4.78 is 0. The Morgan fingerprint density at radius 1 is 0.943 bits per heavy atom. The highest BCUT2D eigenvalue weighted by Crippen LogP contribution is 2.31. The summed E-state index contributed by atoms with van der Waals surface area (Å²) in [7, 11) is 0. The Kier molecular flexibility index (Phi) is 7.87. The Balaban J connectivity index is 1.48. The molecule has 4 aromatic rings. The van der Waals surface area contributed by atoms with Crippen LogP contribution in [0.15, 0.2) is 84.5 Å². The molecule has 35 heavy (non-hydrogen) atoms. The van der Waals surface area contributed by atoms with Gasteiger partial charge in [-0.25, -0.2) is 9.97 Å². The first-order chi connectivity index (χ1) is 16.9. The number of aromatic nitrogens is 2. The molecule has 4 rings (SSSR count). The van der Waals surface area contributed by atoms with E-state index in [2.05, 4.69) is 32.5 Å². The van der Waals surface area contributed by atoms with Crippen molar-refractivity contribution in [3.05, 3.63) is 89.4 Å². The molecule has 0 unspecified atom stereocenters. The number of carbonyl (C=O) groups is 2. The molecule has 1 heterocycles. The minimum absolute atomic E-state index is 0.0860. The topological polar surface area (TPSA) is 96.0 Å². The van der Waals surface area contributed by atoms with Gasteiger partial charge in [-0.15, -0.1) is 0 Å². The molecular weight excluding hydrogens is 505 g/mol. The lowest BCUT2D eigenvalue weighted by Gasteiger charge is -2.12. The van der Waals surface area contributed by atoms with E-state index in [-0.39, 0.29) is 17.6 Å². The summed E-state index contributed by atoms with van der Waals surface area (Å²) in [6.07, 6.45) is 1.18. The molecule has 0 fully saturated rings. The number of rotatable bonds is 8. The Morgan fingerprint density at radius 2 is 1.71 bits per heavy atom. The Hall–Kier alpha value is -3.59. The predicted octanol–water partition coefficient (Wildman–Crippen LogP) is 6.54. The quantitative estimate of drug-likeness (QED) is 0.138. The molecule has 3 aromatic carbocycles. The number of carbonyl (C=O) groups excluding carboxylic acids is 2. The van der Waals surface area contributed by atoms with Gasteiger partial charge in [0.1, 0.15) is 5.82 Å². The average Bonchev–Trinajstić information content (AvgIpc) is 2.84. The number of amides is 2. The molecule has 0 spiro atoms. The third-order valence-electron chi connectivity index (χ3n) is 4.70. The third kappa shape index (κ3) is 6.51. The van der Waals surface area contributed by atoms with E-state index >= 15 is 0 Å². The van der Waals surface area contributed by atoms with Gasteiger partial charge in [-0.2, -0.15) is 0 Å². The maximum absolute atomic E-state index is 12.6. The number of fused-ring (bicyclic) bond motifs is 1. The van der Waals surface area contributed by atoms with E-state index in [9.17, 15) is 9.59 Å². The maximum Gasteiger partial charge on any atom is 0.247 e. The van der Waals surface area contributed by atoms with Crippen LogP contribution < -0.4 is 16.0 Å². The molecule has 0 aliphatic rings. The second-order valence-electron chi connectivity index (χ2n) is 7.23. The van der Waals surface area contributed by atoms with Crippen molar-refractivity contribution in [2.24, 2.45) is 0 Å². The highest BCUT2D eigenvalue weighted by atomic mass is 35.5. The van der Waals surface area contributed by atoms with Gasteiger partial charge in [0.25, 0.3) is 0 Å². The first-order valence-corrected chi connectivity index (χ1v) is 12.1. The number of benzene rings is 3. The Morgan fingerprint density at radius 3 is 2.49 bits per heavy atom. The Bertz CT molecular complexity index is 1430. The monoisotopic (exact) mass is 523 g/mol. The Labute approximate surface area is 216 Å². The van der Waals surface area contributed by atoms with E-state index in [0.717, 1.165) is 10.9 Å². The molecule has 0 radical (unpaired) electrons. The minimum Gasteiger partial charge on any atom is -0.338 e. The highest BCUT2D eigenvalue weighted by molar-refractivity contribution is 7.99. The smallest absolute Gasteiger partial charge is 0.247 e. The lowest BCUT2D eigenvalue weighted by molar-refractivity contribution is -0.114. The molecule has 0 aliphatic heterocycles. The zero-order valence-electron chi connectivity index (χ0n) is 18.2. The molecule has 7 nitrogen and oxygen atoms in total. The van der Waals surface area contributed by atoms with Crippen molar-refractivity contribution in [1.29, 1.82) is 0 Å². The van der Waals surface area contributed by atoms with Gasteiger partial charge >= 0.3 is 0 Å². The summed E-state index contributed by atoms with van der Waals surface area (Å²) in [5.74, 6) is 0.0762. The number of hydrogen-bond acceptors (Lipinski definition) is 6. The minimum atomic E-state index is -0.332. The normalized spacial score (nSPS) is 10.6. The van der Waals surface area contributed by atoms with Crippen molar-refractivity contribution in [2.45, 2.75) is 5.16 Å². The molecule has 0 saturated heterocycles. The van der Waals surface area contributed by atoms with E-state index in [0.29, 0.717) is 38.1 Å². The van der Waals surface area contributed by atoms with Crippen LogP contribution in [0.4, 0.5) is 22.9 Å². The first-order valence-electron chi connectivity index (χ1n) is 10.4. The summed E-state index contributed by atoms with van der Waals surface area (Å²) in [6, 6.07) is 19.5. The predicted molar refractivity (Wildman–Crippen MR) is 144 cm³/mol. The van der Waals surface area contributed by atoms with Gasteiger partial charge in [0, 0.05) is 21.8 Å². The van der Waals surface area contributed by atoms with Crippen molar-refractivity contribution >= 4 is 80.6 Å². The van der Waals surface area contributed by atoms with Crippen LogP contribution in [0.25, 0.3) is 10.9 Å². The molecule has 0 saturated carbocycles. The number of hydrogen-bond donors (Lipinski definition) is 3. The van der Waals surface area contributed by atoms with Gasteiger partial charge in [0.2, 0.25) is 11.8 Å². The van der Waals surface area contributed by atoms with Crippen LogP contribution in [-0.2, 0) is 9.59 Å². The van der Waals surface area contributed by atoms with Gasteiger partial charge in [-0.3, -0.25) is 9.59 Å². The van der Waals surface area contributed by atoms with Gasteiger partial charge in [0.05, 0.1) is 22.0 Å². The van der Waals surface area contributed by atoms with Gasteiger partial charge < -0.3 is 16.0 Å². The fourth-order valence-electron chi connectivity index (χ4n) is 3.13. The van der Waals surface area contributed by atoms with Crippen molar-refractivity contribution in [2.75, 3.05) is 21.7 Å².